The molecule has 2 aliphatic heterocycles. The molecule has 126 valence electrons. The molecule has 24 heavy (non-hydrogen) atoms. The zero-order chi connectivity index (χ0) is 16.6. The predicted molar refractivity (Wildman–Crippen MR) is 86.0 cm³/mol. The second-order valence-corrected chi connectivity index (χ2v) is 6.28. The minimum atomic E-state index is -0.291. The Hall–Kier alpha value is -2.34. The van der Waals surface area contributed by atoms with E-state index in [0.717, 1.165) is 25.0 Å². The molecule has 2 aromatic rings. The van der Waals surface area contributed by atoms with Crippen LogP contribution in [0.4, 0.5) is 0 Å². The maximum absolute atomic E-state index is 12.4. The molecule has 0 bridgehead atoms. The van der Waals surface area contributed by atoms with Crippen LogP contribution in [0.15, 0.2) is 35.3 Å². The van der Waals surface area contributed by atoms with Gasteiger partial charge in [-0.3, -0.25) is 4.79 Å². The number of hydrogen-bond acceptors (Lipinski definition) is 5. The summed E-state index contributed by atoms with van der Waals surface area (Å²) >= 11 is 0. The molecule has 6 nitrogen and oxygen atoms in total. The van der Waals surface area contributed by atoms with Crippen LogP contribution >= 0.6 is 0 Å². The summed E-state index contributed by atoms with van der Waals surface area (Å²) in [6.07, 6.45) is 5.15. The summed E-state index contributed by atoms with van der Waals surface area (Å²) in [4.78, 5) is 18.2. The van der Waals surface area contributed by atoms with Gasteiger partial charge >= 0.3 is 0 Å². The number of aromatic nitrogens is 1. The third-order valence-corrected chi connectivity index (χ3v) is 5.06. The van der Waals surface area contributed by atoms with Crippen LogP contribution in [0.3, 0.4) is 0 Å². The van der Waals surface area contributed by atoms with Gasteiger partial charge in [-0.1, -0.05) is 6.07 Å². The van der Waals surface area contributed by atoms with Crippen molar-refractivity contribution < 1.29 is 18.7 Å². The first-order valence-electron chi connectivity index (χ1n) is 8.21. The molecule has 2 aliphatic rings. The van der Waals surface area contributed by atoms with E-state index in [4.69, 9.17) is 13.9 Å². The van der Waals surface area contributed by atoms with E-state index in [1.807, 2.05) is 11.0 Å². The van der Waals surface area contributed by atoms with E-state index in [1.54, 1.807) is 7.11 Å². The first kappa shape index (κ1) is 15.2. The van der Waals surface area contributed by atoms with Crippen LogP contribution in [0, 0.1) is 0 Å². The Labute approximate surface area is 140 Å². The summed E-state index contributed by atoms with van der Waals surface area (Å²) in [5, 5.41) is 0. The number of rotatable bonds is 2. The number of likely N-dealkylation sites (tertiary alicyclic amines) is 1. The van der Waals surface area contributed by atoms with E-state index in [-0.39, 0.29) is 11.5 Å². The van der Waals surface area contributed by atoms with Crippen LogP contribution < -0.4 is 4.74 Å². The lowest BCUT2D eigenvalue weighted by Crippen LogP contribution is -2.48. The molecular formula is C18H20N2O4. The number of piperidine rings is 1. The second kappa shape index (κ2) is 5.94. The highest BCUT2D eigenvalue weighted by molar-refractivity contribution is 5.91. The van der Waals surface area contributed by atoms with E-state index < -0.39 is 0 Å². The van der Waals surface area contributed by atoms with Crippen molar-refractivity contribution in [2.24, 2.45) is 0 Å². The SMILES string of the molecule is COc1ccc2c(c1)CCOC21CCN(C(=O)c2cocn2)CC1. The summed E-state index contributed by atoms with van der Waals surface area (Å²) in [5.74, 6) is 0.800. The molecule has 1 amide bonds. The largest absolute Gasteiger partial charge is 0.497 e. The molecule has 3 heterocycles. The highest BCUT2D eigenvalue weighted by atomic mass is 16.5. The standard InChI is InChI=1S/C18H20N2O4/c1-22-14-2-3-15-13(10-14)4-9-24-18(15)5-7-20(8-6-18)17(21)16-11-23-12-19-16/h2-3,10-12H,4-9H2,1H3. The van der Waals surface area contributed by atoms with Crippen molar-refractivity contribution in [2.75, 3.05) is 26.8 Å². The van der Waals surface area contributed by atoms with Gasteiger partial charge in [0.2, 0.25) is 0 Å². The number of benzene rings is 1. The van der Waals surface area contributed by atoms with Crippen LogP contribution in [-0.4, -0.2) is 42.6 Å². The molecule has 0 N–H and O–H groups in total. The Morgan fingerprint density at radius 1 is 1.33 bits per heavy atom. The number of methoxy groups -OCH3 is 1. The van der Waals surface area contributed by atoms with Gasteiger partial charge in [-0.05, 0) is 42.5 Å². The second-order valence-electron chi connectivity index (χ2n) is 6.28. The highest BCUT2D eigenvalue weighted by Crippen LogP contribution is 2.42. The quantitative estimate of drug-likeness (QED) is 0.847. The van der Waals surface area contributed by atoms with E-state index in [9.17, 15) is 4.79 Å². The lowest BCUT2D eigenvalue weighted by molar-refractivity contribution is -0.0935. The number of hydrogen-bond donors (Lipinski definition) is 0. The van der Waals surface area contributed by atoms with Crippen molar-refractivity contribution in [2.45, 2.75) is 24.9 Å². The molecule has 0 unspecified atom stereocenters. The number of carbonyl (C=O) groups excluding carboxylic acids is 1. The predicted octanol–water partition coefficient (Wildman–Crippen LogP) is 2.39. The van der Waals surface area contributed by atoms with Crippen molar-refractivity contribution in [1.29, 1.82) is 0 Å². The van der Waals surface area contributed by atoms with Gasteiger partial charge in [-0.15, -0.1) is 0 Å². The fourth-order valence-electron chi connectivity index (χ4n) is 3.75. The van der Waals surface area contributed by atoms with E-state index >= 15 is 0 Å². The third kappa shape index (κ3) is 2.47. The number of fused-ring (bicyclic) bond motifs is 2. The number of oxazole rings is 1. The molecule has 1 aromatic heterocycles. The normalized spacial score (nSPS) is 19.1. The lowest BCUT2D eigenvalue weighted by atomic mass is 9.79. The molecule has 1 aromatic carbocycles. The van der Waals surface area contributed by atoms with Crippen molar-refractivity contribution in [3.8, 4) is 5.75 Å². The van der Waals surface area contributed by atoms with Crippen LogP contribution in [0.1, 0.15) is 34.5 Å². The molecule has 0 saturated carbocycles. The minimum absolute atomic E-state index is 0.0793. The molecule has 4 rings (SSSR count). The average Bonchev–Trinajstić information content (AvgIpc) is 3.16. The van der Waals surface area contributed by atoms with Gasteiger partial charge in [-0.2, -0.15) is 0 Å². The molecule has 1 saturated heterocycles. The summed E-state index contributed by atoms with van der Waals surface area (Å²) < 4.78 is 16.5. The molecule has 0 atom stereocenters. The zero-order valence-corrected chi connectivity index (χ0v) is 13.7. The Morgan fingerprint density at radius 3 is 2.88 bits per heavy atom. The Bertz CT molecular complexity index is 733. The molecular weight excluding hydrogens is 308 g/mol. The van der Waals surface area contributed by atoms with Gasteiger partial charge in [0.05, 0.1) is 19.3 Å². The first-order valence-corrected chi connectivity index (χ1v) is 8.21. The first-order chi connectivity index (χ1) is 11.7. The monoisotopic (exact) mass is 328 g/mol. The topological polar surface area (TPSA) is 64.8 Å². The smallest absolute Gasteiger partial charge is 0.275 e. The third-order valence-electron chi connectivity index (χ3n) is 5.06. The van der Waals surface area contributed by atoms with Crippen LogP contribution in [0.5, 0.6) is 5.75 Å². The average molecular weight is 328 g/mol. The fraction of sp³-hybridized carbons (Fsp3) is 0.444. The summed E-state index contributed by atoms with van der Waals surface area (Å²) in [6.45, 7) is 2.01. The number of nitrogens with zero attached hydrogens (tertiary/aromatic N) is 2. The van der Waals surface area contributed by atoms with Crippen molar-refractivity contribution in [3.63, 3.8) is 0 Å². The number of amides is 1. The fourth-order valence-corrected chi connectivity index (χ4v) is 3.75. The molecule has 0 aliphatic carbocycles. The lowest BCUT2D eigenvalue weighted by Gasteiger charge is -2.45. The van der Waals surface area contributed by atoms with Crippen molar-refractivity contribution >= 4 is 5.91 Å². The highest BCUT2D eigenvalue weighted by Gasteiger charge is 2.42. The number of carbonyl (C=O) groups is 1. The van der Waals surface area contributed by atoms with E-state index in [1.165, 1.54) is 23.8 Å². The Morgan fingerprint density at radius 2 is 2.17 bits per heavy atom. The maximum Gasteiger partial charge on any atom is 0.275 e. The molecule has 6 heteroatoms. The Kier molecular flexibility index (Phi) is 3.76. The molecule has 1 fully saturated rings. The van der Waals surface area contributed by atoms with Gasteiger partial charge in [-0.25, -0.2) is 4.98 Å². The van der Waals surface area contributed by atoms with Crippen LogP contribution in [0.25, 0.3) is 0 Å². The van der Waals surface area contributed by atoms with E-state index in [0.29, 0.717) is 25.4 Å². The zero-order valence-electron chi connectivity index (χ0n) is 13.7. The molecule has 0 radical (unpaired) electrons. The summed E-state index contributed by atoms with van der Waals surface area (Å²) in [7, 11) is 1.69. The summed E-state index contributed by atoms with van der Waals surface area (Å²) in [5.41, 5.74) is 2.60. The van der Waals surface area contributed by atoms with Crippen LogP contribution in [-0.2, 0) is 16.8 Å². The van der Waals surface area contributed by atoms with Gasteiger partial charge < -0.3 is 18.8 Å². The van der Waals surface area contributed by atoms with Crippen LogP contribution in [0.2, 0.25) is 0 Å². The molecule has 1 spiro atoms. The number of ether oxygens (including phenoxy) is 2. The minimum Gasteiger partial charge on any atom is -0.497 e. The maximum atomic E-state index is 12.4. The van der Waals surface area contributed by atoms with Gasteiger partial charge in [0, 0.05) is 13.1 Å². The van der Waals surface area contributed by atoms with Gasteiger partial charge in [0.1, 0.15) is 12.0 Å². The summed E-state index contributed by atoms with van der Waals surface area (Å²) in [6, 6.07) is 6.21. The van der Waals surface area contributed by atoms with Crippen molar-refractivity contribution in [1.82, 2.24) is 9.88 Å². The van der Waals surface area contributed by atoms with E-state index in [2.05, 4.69) is 17.1 Å². The van der Waals surface area contributed by atoms with Gasteiger partial charge in [0.25, 0.3) is 5.91 Å². The Balaban J connectivity index is 1.54. The van der Waals surface area contributed by atoms with Crippen molar-refractivity contribution in [3.05, 3.63) is 47.7 Å². The van der Waals surface area contributed by atoms with Gasteiger partial charge in [0.15, 0.2) is 12.1 Å².